The molecule has 0 radical (unpaired) electrons. The molecule has 0 amide bonds. The van der Waals surface area contributed by atoms with E-state index in [0.717, 1.165) is 0 Å². The van der Waals surface area contributed by atoms with Gasteiger partial charge >= 0.3 is 0 Å². The number of nitro groups is 2. The van der Waals surface area contributed by atoms with Crippen LogP contribution in [0.15, 0.2) is 42.5 Å². The Morgan fingerprint density at radius 1 is 0.810 bits per heavy atom. The highest BCUT2D eigenvalue weighted by Crippen LogP contribution is 2.20. The van der Waals surface area contributed by atoms with Crippen LogP contribution in [-0.4, -0.2) is 24.8 Å². The molecular formula is C12H7N5O4. The van der Waals surface area contributed by atoms with Crippen LogP contribution in [0.2, 0.25) is 0 Å². The van der Waals surface area contributed by atoms with Gasteiger partial charge in [-0.05, 0) is 18.2 Å². The van der Waals surface area contributed by atoms with Crippen LogP contribution in [0.3, 0.4) is 0 Å². The first-order valence-corrected chi connectivity index (χ1v) is 5.81. The number of nitrogens with zero attached hydrogens (tertiary/aromatic N) is 5. The van der Waals surface area contributed by atoms with Gasteiger partial charge in [-0.25, -0.2) is 0 Å². The Morgan fingerprint density at radius 3 is 2.00 bits per heavy atom. The first-order chi connectivity index (χ1) is 10.0. The fourth-order valence-corrected chi connectivity index (χ4v) is 1.84. The predicted molar refractivity (Wildman–Crippen MR) is 72.2 cm³/mol. The minimum Gasteiger partial charge on any atom is -0.258 e. The fraction of sp³-hybridized carbons (Fsp3) is 0. The van der Waals surface area contributed by atoms with Crippen molar-refractivity contribution < 1.29 is 9.85 Å². The molecule has 21 heavy (non-hydrogen) atoms. The molecule has 0 spiro atoms. The molecule has 9 heteroatoms. The summed E-state index contributed by atoms with van der Waals surface area (Å²) in [5, 5.41) is 29.6. The molecule has 1 heterocycles. The van der Waals surface area contributed by atoms with Crippen molar-refractivity contribution in [1.29, 1.82) is 0 Å². The van der Waals surface area contributed by atoms with Crippen molar-refractivity contribution in [2.75, 3.05) is 0 Å². The van der Waals surface area contributed by atoms with Crippen molar-refractivity contribution in [2.24, 2.45) is 0 Å². The molecule has 9 nitrogen and oxygen atoms in total. The number of fused-ring (bicyclic) bond motifs is 1. The molecule has 3 rings (SSSR count). The molecular weight excluding hydrogens is 278 g/mol. The third-order valence-electron chi connectivity index (χ3n) is 2.87. The van der Waals surface area contributed by atoms with Gasteiger partial charge < -0.3 is 0 Å². The van der Waals surface area contributed by atoms with E-state index in [9.17, 15) is 20.2 Å². The molecule has 0 saturated carbocycles. The van der Waals surface area contributed by atoms with Gasteiger partial charge in [-0.1, -0.05) is 0 Å². The number of non-ortho nitro benzene ring substituents is 2. The van der Waals surface area contributed by atoms with E-state index in [1.807, 2.05) is 0 Å². The molecule has 0 aliphatic heterocycles. The van der Waals surface area contributed by atoms with Gasteiger partial charge in [0, 0.05) is 24.3 Å². The molecule has 1 aromatic heterocycles. The van der Waals surface area contributed by atoms with E-state index in [2.05, 4.69) is 10.2 Å². The Bertz CT molecular complexity index is 856. The van der Waals surface area contributed by atoms with Crippen LogP contribution < -0.4 is 0 Å². The Kier molecular flexibility index (Phi) is 2.79. The lowest BCUT2D eigenvalue weighted by molar-refractivity contribution is -0.385. The highest BCUT2D eigenvalue weighted by Gasteiger charge is 2.11. The van der Waals surface area contributed by atoms with E-state index in [4.69, 9.17) is 0 Å². The summed E-state index contributed by atoms with van der Waals surface area (Å²) < 4.78 is 0. The Hall–Kier alpha value is -3.36. The minimum absolute atomic E-state index is 0.0360. The summed E-state index contributed by atoms with van der Waals surface area (Å²) >= 11 is 0. The van der Waals surface area contributed by atoms with Crippen molar-refractivity contribution in [2.45, 2.75) is 0 Å². The molecule has 0 aliphatic rings. The summed E-state index contributed by atoms with van der Waals surface area (Å²) in [5.74, 6) is 0. The SMILES string of the molecule is O=[N+]([O-])c1ccc(-n2nc3ccc([N+](=O)[O-])cc3n2)cc1. The van der Waals surface area contributed by atoms with Crippen LogP contribution in [0.25, 0.3) is 16.7 Å². The van der Waals surface area contributed by atoms with Crippen LogP contribution in [-0.2, 0) is 0 Å². The van der Waals surface area contributed by atoms with Crippen molar-refractivity contribution in [3.8, 4) is 5.69 Å². The topological polar surface area (TPSA) is 117 Å². The van der Waals surface area contributed by atoms with Gasteiger partial charge in [0.25, 0.3) is 11.4 Å². The maximum Gasteiger partial charge on any atom is 0.271 e. The lowest BCUT2D eigenvalue weighted by Gasteiger charge is -1.97. The molecule has 0 fully saturated rings. The van der Waals surface area contributed by atoms with Crippen molar-refractivity contribution in [3.63, 3.8) is 0 Å². The molecule has 0 bridgehead atoms. The van der Waals surface area contributed by atoms with Crippen LogP contribution in [0.4, 0.5) is 11.4 Å². The predicted octanol–water partition coefficient (Wildman–Crippen LogP) is 2.24. The zero-order valence-electron chi connectivity index (χ0n) is 10.4. The van der Waals surface area contributed by atoms with Gasteiger partial charge in [-0.3, -0.25) is 20.2 Å². The van der Waals surface area contributed by atoms with E-state index in [1.165, 1.54) is 47.3 Å². The average molecular weight is 285 g/mol. The summed E-state index contributed by atoms with van der Waals surface area (Å²) in [6, 6.07) is 9.86. The average Bonchev–Trinajstić information content (AvgIpc) is 2.90. The van der Waals surface area contributed by atoms with E-state index in [0.29, 0.717) is 16.7 Å². The summed E-state index contributed by atoms with van der Waals surface area (Å²) in [5.41, 5.74) is 1.30. The maximum atomic E-state index is 10.7. The van der Waals surface area contributed by atoms with Gasteiger partial charge in [0.2, 0.25) is 0 Å². The second kappa shape index (κ2) is 4.63. The largest absolute Gasteiger partial charge is 0.271 e. The third kappa shape index (κ3) is 2.27. The number of rotatable bonds is 3. The molecule has 2 aromatic carbocycles. The van der Waals surface area contributed by atoms with Crippen LogP contribution in [0.1, 0.15) is 0 Å². The Labute approximate surface area is 116 Å². The number of nitro benzene ring substituents is 2. The molecule has 104 valence electrons. The van der Waals surface area contributed by atoms with E-state index in [-0.39, 0.29) is 11.4 Å². The van der Waals surface area contributed by atoms with Crippen LogP contribution in [0, 0.1) is 20.2 Å². The highest BCUT2D eigenvalue weighted by atomic mass is 16.6. The normalized spacial score (nSPS) is 10.7. The fourth-order valence-electron chi connectivity index (χ4n) is 1.84. The number of benzene rings is 2. The smallest absolute Gasteiger partial charge is 0.258 e. The van der Waals surface area contributed by atoms with Crippen molar-refractivity contribution in [1.82, 2.24) is 15.0 Å². The number of hydrogen-bond acceptors (Lipinski definition) is 6. The lowest BCUT2D eigenvalue weighted by atomic mass is 10.3. The maximum absolute atomic E-state index is 10.7. The van der Waals surface area contributed by atoms with Crippen LogP contribution >= 0.6 is 0 Å². The second-order valence-corrected chi connectivity index (χ2v) is 4.19. The summed E-state index contributed by atoms with van der Waals surface area (Å²) in [6.07, 6.45) is 0. The highest BCUT2D eigenvalue weighted by molar-refractivity contribution is 5.76. The Balaban J connectivity index is 2.04. The molecule has 0 unspecified atom stereocenters. The van der Waals surface area contributed by atoms with Gasteiger partial charge in [0.05, 0.1) is 15.5 Å². The number of hydrogen-bond donors (Lipinski definition) is 0. The quantitative estimate of drug-likeness (QED) is 0.538. The molecule has 0 atom stereocenters. The summed E-state index contributed by atoms with van der Waals surface area (Å²) in [4.78, 5) is 21.6. The van der Waals surface area contributed by atoms with Gasteiger partial charge in [-0.15, -0.1) is 10.2 Å². The first-order valence-electron chi connectivity index (χ1n) is 5.81. The molecule has 0 saturated heterocycles. The molecule has 3 aromatic rings. The molecule has 0 aliphatic carbocycles. The summed E-state index contributed by atoms with van der Waals surface area (Å²) in [7, 11) is 0. The monoisotopic (exact) mass is 285 g/mol. The third-order valence-corrected chi connectivity index (χ3v) is 2.87. The first kappa shape index (κ1) is 12.7. The summed E-state index contributed by atoms with van der Waals surface area (Å²) in [6.45, 7) is 0. The second-order valence-electron chi connectivity index (χ2n) is 4.19. The number of aromatic nitrogens is 3. The van der Waals surface area contributed by atoms with Crippen LogP contribution in [0.5, 0.6) is 0 Å². The van der Waals surface area contributed by atoms with E-state index in [1.54, 1.807) is 0 Å². The van der Waals surface area contributed by atoms with Gasteiger partial charge in [0.15, 0.2) is 0 Å². The Morgan fingerprint density at radius 2 is 1.38 bits per heavy atom. The zero-order valence-corrected chi connectivity index (χ0v) is 10.4. The van der Waals surface area contributed by atoms with Crippen molar-refractivity contribution >= 4 is 22.4 Å². The van der Waals surface area contributed by atoms with Gasteiger partial charge in [0.1, 0.15) is 11.0 Å². The van der Waals surface area contributed by atoms with E-state index >= 15 is 0 Å². The standard InChI is InChI=1S/C12H7N5O4/c18-16(19)9-3-1-8(2-4-9)15-13-11-6-5-10(17(20)21)7-12(11)14-15/h1-7H. The lowest BCUT2D eigenvalue weighted by Crippen LogP contribution is -1.98. The van der Waals surface area contributed by atoms with Crippen molar-refractivity contribution in [3.05, 3.63) is 62.7 Å². The van der Waals surface area contributed by atoms with E-state index < -0.39 is 9.85 Å². The van der Waals surface area contributed by atoms with Gasteiger partial charge in [-0.2, -0.15) is 4.80 Å². The zero-order chi connectivity index (χ0) is 15.0. The minimum atomic E-state index is -0.510. The molecule has 0 N–H and O–H groups in total.